The Balaban J connectivity index is 1.35. The fraction of sp³-hybridized carbons (Fsp3) is 0.500. The topological polar surface area (TPSA) is 12.0 Å². The molecule has 0 amide bonds. The van der Waals surface area contributed by atoms with Gasteiger partial charge in [0.25, 0.3) is 0 Å². The molecule has 0 saturated heterocycles. The standard InChI is InChI=1S/C24H29N/c1-3-7-21(8-4-1)24-16-19-13-20(17-24)15-23(14-19,18-24)11-12-25-22-9-5-2-6-10-22/h1-10,19-20,25H,11-18H2. The van der Waals surface area contributed by atoms with E-state index in [9.17, 15) is 0 Å². The monoisotopic (exact) mass is 331 g/mol. The van der Waals surface area contributed by atoms with Crippen molar-refractivity contribution in [3.63, 3.8) is 0 Å². The van der Waals surface area contributed by atoms with E-state index in [4.69, 9.17) is 0 Å². The molecular formula is C24H29N. The molecule has 0 heterocycles. The number of para-hydroxylation sites is 1. The van der Waals surface area contributed by atoms with E-state index in [1.54, 1.807) is 5.56 Å². The zero-order chi connectivity index (χ0) is 16.7. The lowest BCUT2D eigenvalue weighted by atomic mass is 9.42. The van der Waals surface area contributed by atoms with Crippen LogP contribution in [0, 0.1) is 17.3 Å². The first-order valence-electron chi connectivity index (χ1n) is 10.1. The van der Waals surface area contributed by atoms with E-state index in [0.29, 0.717) is 10.8 Å². The van der Waals surface area contributed by atoms with Gasteiger partial charge in [-0.15, -0.1) is 0 Å². The van der Waals surface area contributed by atoms with Crippen molar-refractivity contribution in [2.45, 2.75) is 50.4 Å². The van der Waals surface area contributed by atoms with Gasteiger partial charge < -0.3 is 5.32 Å². The Morgan fingerprint density at radius 1 is 0.800 bits per heavy atom. The maximum atomic E-state index is 3.67. The van der Waals surface area contributed by atoms with Gasteiger partial charge in [0.1, 0.15) is 0 Å². The van der Waals surface area contributed by atoms with Crippen LogP contribution in [0.25, 0.3) is 0 Å². The van der Waals surface area contributed by atoms with Crippen molar-refractivity contribution >= 4 is 5.69 Å². The van der Waals surface area contributed by atoms with Gasteiger partial charge in [-0.05, 0) is 85.3 Å². The van der Waals surface area contributed by atoms with Gasteiger partial charge >= 0.3 is 0 Å². The molecule has 130 valence electrons. The quantitative estimate of drug-likeness (QED) is 0.705. The molecule has 2 unspecified atom stereocenters. The van der Waals surface area contributed by atoms with Crippen molar-refractivity contribution in [2.75, 3.05) is 11.9 Å². The van der Waals surface area contributed by atoms with Gasteiger partial charge in [0.15, 0.2) is 0 Å². The van der Waals surface area contributed by atoms with Crippen LogP contribution in [0.5, 0.6) is 0 Å². The molecule has 0 spiro atoms. The molecule has 2 atom stereocenters. The number of hydrogen-bond acceptors (Lipinski definition) is 1. The fourth-order valence-electron chi connectivity index (χ4n) is 6.90. The van der Waals surface area contributed by atoms with Gasteiger partial charge in [-0.2, -0.15) is 0 Å². The van der Waals surface area contributed by atoms with E-state index in [1.807, 2.05) is 0 Å². The zero-order valence-corrected chi connectivity index (χ0v) is 15.1. The number of benzene rings is 2. The highest BCUT2D eigenvalue weighted by Crippen LogP contribution is 2.66. The predicted molar refractivity (Wildman–Crippen MR) is 105 cm³/mol. The molecule has 1 N–H and O–H groups in total. The van der Waals surface area contributed by atoms with Crippen LogP contribution in [0.4, 0.5) is 5.69 Å². The first-order chi connectivity index (χ1) is 12.3. The molecule has 6 rings (SSSR count). The third-order valence-electron chi connectivity index (χ3n) is 7.33. The summed E-state index contributed by atoms with van der Waals surface area (Å²) in [6.45, 7) is 1.12. The largest absolute Gasteiger partial charge is 0.385 e. The smallest absolute Gasteiger partial charge is 0.0340 e. The number of rotatable bonds is 5. The summed E-state index contributed by atoms with van der Waals surface area (Å²) < 4.78 is 0. The third kappa shape index (κ3) is 2.78. The lowest BCUT2D eigenvalue weighted by Crippen LogP contribution is -2.54. The van der Waals surface area contributed by atoms with E-state index < -0.39 is 0 Å². The molecule has 25 heavy (non-hydrogen) atoms. The number of nitrogens with one attached hydrogen (secondary N) is 1. The Bertz CT molecular complexity index is 706. The summed E-state index contributed by atoms with van der Waals surface area (Å²) in [6, 6.07) is 22.2. The van der Waals surface area contributed by atoms with Gasteiger partial charge in [0, 0.05) is 12.2 Å². The Morgan fingerprint density at radius 3 is 2.12 bits per heavy atom. The SMILES string of the molecule is c1ccc(NCCC23CC4CC(C2)CC(c2ccccc2)(C4)C3)cc1. The van der Waals surface area contributed by atoms with Gasteiger partial charge in [-0.1, -0.05) is 48.5 Å². The molecule has 4 aliphatic rings. The van der Waals surface area contributed by atoms with Crippen LogP contribution in [0.2, 0.25) is 0 Å². The minimum Gasteiger partial charge on any atom is -0.385 e. The highest BCUT2D eigenvalue weighted by atomic mass is 14.9. The summed E-state index contributed by atoms with van der Waals surface area (Å²) in [6.07, 6.45) is 10.1. The first-order valence-corrected chi connectivity index (χ1v) is 10.1. The molecule has 4 aliphatic carbocycles. The second-order valence-electron chi connectivity index (χ2n) is 9.15. The van der Waals surface area contributed by atoms with E-state index in [2.05, 4.69) is 66.0 Å². The molecule has 0 aliphatic heterocycles. The molecule has 0 radical (unpaired) electrons. The number of hydrogen-bond donors (Lipinski definition) is 1. The maximum Gasteiger partial charge on any atom is 0.0340 e. The first kappa shape index (κ1) is 15.5. The van der Waals surface area contributed by atoms with Crippen LogP contribution in [0.1, 0.15) is 50.5 Å². The lowest BCUT2D eigenvalue weighted by Gasteiger charge is -2.62. The molecule has 4 bridgehead atoms. The zero-order valence-electron chi connectivity index (χ0n) is 15.1. The van der Waals surface area contributed by atoms with Crippen molar-refractivity contribution < 1.29 is 0 Å². The summed E-state index contributed by atoms with van der Waals surface area (Å²) in [5, 5.41) is 3.67. The predicted octanol–water partition coefficient (Wildman–Crippen LogP) is 6.03. The van der Waals surface area contributed by atoms with E-state index >= 15 is 0 Å². The van der Waals surface area contributed by atoms with Gasteiger partial charge in [-0.25, -0.2) is 0 Å². The Labute approximate surface area is 151 Å². The van der Waals surface area contributed by atoms with Crippen LogP contribution in [-0.2, 0) is 5.41 Å². The molecule has 4 fully saturated rings. The summed E-state index contributed by atoms with van der Waals surface area (Å²) in [5.74, 6) is 1.94. The maximum absolute atomic E-state index is 3.67. The Kier molecular flexibility index (Phi) is 3.66. The van der Waals surface area contributed by atoms with E-state index in [-0.39, 0.29) is 0 Å². The minimum atomic E-state index is 0.484. The third-order valence-corrected chi connectivity index (χ3v) is 7.33. The summed E-state index contributed by atoms with van der Waals surface area (Å²) in [4.78, 5) is 0. The molecule has 2 aromatic rings. The summed E-state index contributed by atoms with van der Waals surface area (Å²) in [5.41, 5.74) is 3.97. The average Bonchev–Trinajstić information content (AvgIpc) is 2.62. The minimum absolute atomic E-state index is 0.484. The van der Waals surface area contributed by atoms with Crippen molar-refractivity contribution in [1.29, 1.82) is 0 Å². The van der Waals surface area contributed by atoms with Crippen LogP contribution in [0.3, 0.4) is 0 Å². The second-order valence-corrected chi connectivity index (χ2v) is 9.15. The Hall–Kier alpha value is -1.76. The van der Waals surface area contributed by atoms with E-state index in [0.717, 1.165) is 18.4 Å². The van der Waals surface area contributed by atoms with Crippen LogP contribution >= 0.6 is 0 Å². The van der Waals surface area contributed by atoms with Gasteiger partial charge in [0.05, 0.1) is 0 Å². The van der Waals surface area contributed by atoms with Crippen molar-refractivity contribution in [3.05, 3.63) is 66.2 Å². The summed E-state index contributed by atoms with van der Waals surface area (Å²) in [7, 11) is 0. The second kappa shape index (κ2) is 5.90. The highest BCUT2D eigenvalue weighted by molar-refractivity contribution is 5.42. The molecule has 2 aromatic carbocycles. The van der Waals surface area contributed by atoms with Gasteiger partial charge in [-0.3, -0.25) is 0 Å². The van der Waals surface area contributed by atoms with Crippen LogP contribution in [0.15, 0.2) is 60.7 Å². The lowest BCUT2D eigenvalue weighted by molar-refractivity contribution is -0.0744. The number of anilines is 1. The van der Waals surface area contributed by atoms with Crippen molar-refractivity contribution in [1.82, 2.24) is 0 Å². The molecule has 4 saturated carbocycles. The average molecular weight is 332 g/mol. The van der Waals surface area contributed by atoms with Crippen LogP contribution in [-0.4, -0.2) is 6.54 Å². The molecule has 0 aromatic heterocycles. The van der Waals surface area contributed by atoms with Crippen LogP contribution < -0.4 is 5.32 Å². The molecular weight excluding hydrogens is 302 g/mol. The van der Waals surface area contributed by atoms with Crippen molar-refractivity contribution in [2.24, 2.45) is 17.3 Å². The van der Waals surface area contributed by atoms with Gasteiger partial charge in [0.2, 0.25) is 0 Å². The molecule has 1 heteroatoms. The Morgan fingerprint density at radius 2 is 1.44 bits per heavy atom. The summed E-state index contributed by atoms with van der Waals surface area (Å²) >= 11 is 0. The molecule has 1 nitrogen and oxygen atoms in total. The highest BCUT2D eigenvalue weighted by Gasteiger charge is 2.57. The normalized spacial score (nSPS) is 35.7. The van der Waals surface area contributed by atoms with E-state index in [1.165, 1.54) is 50.6 Å². The van der Waals surface area contributed by atoms with Crippen molar-refractivity contribution in [3.8, 4) is 0 Å². The fourth-order valence-corrected chi connectivity index (χ4v) is 6.90.